The van der Waals surface area contributed by atoms with Gasteiger partial charge in [-0.3, -0.25) is 19.8 Å². The molecule has 0 bridgehead atoms. The normalized spacial score (nSPS) is 19.3. The fourth-order valence-electron chi connectivity index (χ4n) is 2.70. The van der Waals surface area contributed by atoms with E-state index in [2.05, 4.69) is 10.2 Å². The van der Waals surface area contributed by atoms with Gasteiger partial charge in [-0.25, -0.2) is 14.7 Å². The molecular weight excluding hydrogens is 373 g/mol. The van der Waals surface area contributed by atoms with Crippen LogP contribution in [0.1, 0.15) is 6.92 Å². The highest BCUT2D eigenvalue weighted by Crippen LogP contribution is 2.36. The number of halogens is 2. The van der Waals surface area contributed by atoms with Crippen molar-refractivity contribution in [3.8, 4) is 0 Å². The Labute approximate surface area is 151 Å². The summed E-state index contributed by atoms with van der Waals surface area (Å²) in [5, 5.41) is 1.33. The zero-order valence-corrected chi connectivity index (χ0v) is 14.5. The number of hydrogen-bond acceptors (Lipinski definition) is 6. The molecule has 1 fully saturated rings. The summed E-state index contributed by atoms with van der Waals surface area (Å²) in [5.74, 6) is -2.84. The van der Waals surface area contributed by atoms with Gasteiger partial charge in [0.15, 0.2) is 11.7 Å². The maximum Gasteiger partial charge on any atom is 0.356 e. The molecule has 1 atom stereocenters. The molecule has 1 N–H and O–H groups in total. The van der Waals surface area contributed by atoms with Gasteiger partial charge in [0.2, 0.25) is 5.91 Å². The van der Waals surface area contributed by atoms with Gasteiger partial charge in [0.25, 0.3) is 11.8 Å². The van der Waals surface area contributed by atoms with Gasteiger partial charge < -0.3 is 4.74 Å². The summed E-state index contributed by atoms with van der Waals surface area (Å²) >= 11 is 11.8. The number of nitrogens with one attached hydrogen (secondary N) is 1. The van der Waals surface area contributed by atoms with Crippen molar-refractivity contribution >= 4 is 52.6 Å². The molecule has 130 valence electrons. The third kappa shape index (κ3) is 2.54. The number of hydrogen-bond donors (Lipinski definition) is 1. The molecule has 3 rings (SSSR count). The molecule has 1 aromatic carbocycles. The summed E-state index contributed by atoms with van der Waals surface area (Å²) < 4.78 is 4.61. The molecule has 1 saturated heterocycles. The van der Waals surface area contributed by atoms with Crippen molar-refractivity contribution in [3.63, 3.8) is 0 Å². The molecule has 2 aliphatic rings. The minimum absolute atomic E-state index is 0.153. The highest BCUT2D eigenvalue weighted by Gasteiger charge is 2.55. The van der Waals surface area contributed by atoms with Crippen molar-refractivity contribution in [2.45, 2.75) is 13.0 Å². The lowest BCUT2D eigenvalue weighted by molar-refractivity contribution is -0.140. The van der Waals surface area contributed by atoms with E-state index in [4.69, 9.17) is 23.2 Å². The van der Waals surface area contributed by atoms with Crippen LogP contribution in [0.3, 0.4) is 0 Å². The van der Waals surface area contributed by atoms with Crippen LogP contribution in [0, 0.1) is 0 Å². The van der Waals surface area contributed by atoms with Crippen LogP contribution in [0.2, 0.25) is 10.0 Å². The van der Waals surface area contributed by atoms with Crippen LogP contribution in [0.4, 0.5) is 5.69 Å². The quantitative estimate of drug-likeness (QED) is 0.605. The first-order valence-electron chi connectivity index (χ1n) is 7.00. The number of esters is 1. The maximum atomic E-state index is 12.8. The van der Waals surface area contributed by atoms with Crippen molar-refractivity contribution in [2.75, 3.05) is 12.0 Å². The largest absolute Gasteiger partial charge is 0.464 e. The van der Waals surface area contributed by atoms with E-state index in [0.29, 0.717) is 0 Å². The average Bonchev–Trinajstić information content (AvgIpc) is 3.08. The number of carbonyl (C=O) groups is 4. The minimum Gasteiger partial charge on any atom is -0.464 e. The van der Waals surface area contributed by atoms with Gasteiger partial charge in [-0.05, 0) is 18.2 Å². The van der Waals surface area contributed by atoms with E-state index >= 15 is 0 Å². The van der Waals surface area contributed by atoms with Gasteiger partial charge in [-0.1, -0.05) is 23.2 Å². The fraction of sp³-hybridized carbons (Fsp3) is 0.200. The molecule has 0 radical (unpaired) electrons. The van der Waals surface area contributed by atoms with Crippen molar-refractivity contribution < 1.29 is 23.9 Å². The smallest absolute Gasteiger partial charge is 0.356 e. The summed E-state index contributed by atoms with van der Waals surface area (Å²) in [6.45, 7) is 1.20. The summed E-state index contributed by atoms with van der Waals surface area (Å²) in [6, 6.07) is 2.97. The summed E-state index contributed by atoms with van der Waals surface area (Å²) in [6.07, 6.45) is 0. The Morgan fingerprint density at radius 2 is 1.88 bits per heavy atom. The molecule has 0 saturated carbocycles. The number of fused-ring (bicyclic) bond motifs is 1. The maximum absolute atomic E-state index is 12.8. The van der Waals surface area contributed by atoms with Crippen LogP contribution in [-0.4, -0.2) is 41.9 Å². The topological polar surface area (TPSA) is 96.0 Å². The Balaban J connectivity index is 2.12. The number of nitrogens with zero attached hydrogens (tertiary/aromatic N) is 2. The second-order valence-electron chi connectivity index (χ2n) is 5.26. The van der Waals surface area contributed by atoms with Crippen LogP contribution >= 0.6 is 23.2 Å². The first-order valence-corrected chi connectivity index (χ1v) is 7.75. The van der Waals surface area contributed by atoms with Crippen molar-refractivity contribution in [2.24, 2.45) is 0 Å². The van der Waals surface area contributed by atoms with Gasteiger partial charge >= 0.3 is 5.97 Å². The molecule has 8 nitrogen and oxygen atoms in total. The molecule has 0 aliphatic carbocycles. The van der Waals surface area contributed by atoms with Gasteiger partial charge in [0, 0.05) is 6.92 Å². The lowest BCUT2D eigenvalue weighted by atomic mass is 10.1. The monoisotopic (exact) mass is 383 g/mol. The minimum atomic E-state index is -1.26. The lowest BCUT2D eigenvalue weighted by Crippen LogP contribution is -2.48. The highest BCUT2D eigenvalue weighted by molar-refractivity contribution is 6.42. The Kier molecular flexibility index (Phi) is 4.18. The second kappa shape index (κ2) is 6.05. The van der Waals surface area contributed by atoms with Gasteiger partial charge in [0.1, 0.15) is 0 Å². The van der Waals surface area contributed by atoms with Crippen LogP contribution in [0.25, 0.3) is 0 Å². The average molecular weight is 384 g/mol. The van der Waals surface area contributed by atoms with E-state index in [1.54, 1.807) is 0 Å². The number of methoxy groups -OCH3 is 1. The number of hydrazine groups is 1. The second-order valence-corrected chi connectivity index (χ2v) is 6.08. The van der Waals surface area contributed by atoms with E-state index in [1.807, 2.05) is 0 Å². The van der Waals surface area contributed by atoms with Crippen LogP contribution < -0.4 is 10.3 Å². The van der Waals surface area contributed by atoms with Crippen LogP contribution in [0.5, 0.6) is 0 Å². The third-order valence-electron chi connectivity index (χ3n) is 3.81. The van der Waals surface area contributed by atoms with E-state index < -0.39 is 29.7 Å². The van der Waals surface area contributed by atoms with Gasteiger partial charge in [-0.15, -0.1) is 0 Å². The lowest BCUT2D eigenvalue weighted by Gasteiger charge is -2.23. The Morgan fingerprint density at radius 3 is 2.44 bits per heavy atom. The number of anilines is 1. The number of rotatable bonds is 2. The molecule has 1 aromatic rings. The fourth-order valence-corrected chi connectivity index (χ4v) is 2.99. The molecule has 10 heteroatoms. The van der Waals surface area contributed by atoms with E-state index in [1.165, 1.54) is 25.1 Å². The molecular formula is C15H11Cl2N3O5. The Hall–Kier alpha value is -2.58. The molecule has 2 aliphatic heterocycles. The first kappa shape index (κ1) is 17.2. The van der Waals surface area contributed by atoms with E-state index in [-0.39, 0.29) is 27.0 Å². The molecule has 0 aromatic heterocycles. The van der Waals surface area contributed by atoms with Crippen molar-refractivity contribution in [1.82, 2.24) is 10.4 Å². The van der Waals surface area contributed by atoms with Crippen LogP contribution in [-0.2, 0) is 23.9 Å². The van der Waals surface area contributed by atoms with Gasteiger partial charge in [0.05, 0.1) is 28.4 Å². The van der Waals surface area contributed by atoms with Crippen molar-refractivity contribution in [1.29, 1.82) is 0 Å². The Bertz CT molecular complexity index is 867. The zero-order chi connectivity index (χ0) is 18.5. The summed E-state index contributed by atoms with van der Waals surface area (Å²) in [5.41, 5.74) is 2.25. The number of amides is 3. The highest BCUT2D eigenvalue weighted by atomic mass is 35.5. The third-order valence-corrected chi connectivity index (χ3v) is 4.55. The number of carbonyl (C=O) groups excluding carboxylic acids is 4. The number of ether oxygens (including phenoxy) is 1. The molecule has 3 amide bonds. The predicted molar refractivity (Wildman–Crippen MR) is 87.4 cm³/mol. The summed E-state index contributed by atoms with van der Waals surface area (Å²) in [4.78, 5) is 50.1. The number of imide groups is 1. The first-order chi connectivity index (χ1) is 11.8. The standard InChI is InChI=1S/C15H11Cl2N3O5/c1-6(21)20-12-10(11(18-20)15(24)25-2)13(22)19(14(12)23)7-3-4-8(16)9(17)5-7/h3-5,12,18H,1-2H3/t12-/m0/s1. The predicted octanol–water partition coefficient (Wildman–Crippen LogP) is 1.03. The SMILES string of the molecule is COC(=O)C1=C2C(=O)N(c3ccc(Cl)c(Cl)c3)C(=O)[C@H]2N(C(C)=O)N1. The van der Waals surface area contributed by atoms with Crippen LogP contribution in [0.15, 0.2) is 29.5 Å². The molecule has 0 spiro atoms. The van der Waals surface area contributed by atoms with E-state index in [0.717, 1.165) is 17.0 Å². The molecule has 2 heterocycles. The Morgan fingerprint density at radius 1 is 1.20 bits per heavy atom. The molecule has 0 unspecified atom stereocenters. The summed E-state index contributed by atoms with van der Waals surface area (Å²) in [7, 11) is 1.13. The number of benzene rings is 1. The van der Waals surface area contributed by atoms with E-state index in [9.17, 15) is 19.2 Å². The van der Waals surface area contributed by atoms with Crippen molar-refractivity contribution in [3.05, 3.63) is 39.5 Å². The van der Waals surface area contributed by atoms with Gasteiger partial charge in [-0.2, -0.15) is 0 Å². The zero-order valence-electron chi connectivity index (χ0n) is 13.0. The molecule has 25 heavy (non-hydrogen) atoms.